The number of carbonyl (C=O) groups is 1. The minimum Gasteiger partial charge on any atom is -0.394 e. The molecule has 0 saturated carbocycles. The summed E-state index contributed by atoms with van der Waals surface area (Å²) in [6.07, 6.45) is 0.530. The Labute approximate surface area is 89.8 Å². The summed E-state index contributed by atoms with van der Waals surface area (Å²) in [6.45, 7) is 2.80. The molecule has 1 fully saturated rings. The van der Waals surface area contributed by atoms with Crippen molar-refractivity contribution in [1.29, 1.82) is 0 Å². The van der Waals surface area contributed by atoms with Gasteiger partial charge in [-0.05, 0) is 12.3 Å². The van der Waals surface area contributed by atoms with Crippen molar-refractivity contribution in [2.75, 3.05) is 26.9 Å². The second-order valence-corrected chi connectivity index (χ2v) is 3.90. The molecular formula is C10H19NO4. The molecule has 5 heteroatoms. The van der Waals surface area contributed by atoms with E-state index in [4.69, 9.17) is 14.6 Å². The molecule has 0 radical (unpaired) electrons. The van der Waals surface area contributed by atoms with Gasteiger partial charge in [0.2, 0.25) is 5.91 Å². The maximum Gasteiger partial charge on any atom is 0.249 e. The summed E-state index contributed by atoms with van der Waals surface area (Å²) in [5, 5.41) is 11.7. The van der Waals surface area contributed by atoms with E-state index in [1.165, 1.54) is 7.11 Å². The minimum absolute atomic E-state index is 0.124. The van der Waals surface area contributed by atoms with Gasteiger partial charge in [0.1, 0.15) is 6.10 Å². The first-order valence-corrected chi connectivity index (χ1v) is 5.20. The van der Waals surface area contributed by atoms with E-state index in [1.54, 1.807) is 0 Å². The maximum absolute atomic E-state index is 11.7. The molecule has 2 N–H and O–H groups in total. The van der Waals surface area contributed by atoms with E-state index in [0.717, 1.165) is 6.42 Å². The lowest BCUT2D eigenvalue weighted by atomic mass is 10.0. The number of amides is 1. The summed E-state index contributed by atoms with van der Waals surface area (Å²) in [5.41, 5.74) is 0. The normalized spacial score (nSPS) is 27.7. The van der Waals surface area contributed by atoms with Crippen molar-refractivity contribution in [3.8, 4) is 0 Å². The number of ether oxygens (including phenoxy) is 2. The molecule has 0 aliphatic carbocycles. The Hall–Kier alpha value is -0.650. The highest BCUT2D eigenvalue weighted by atomic mass is 16.5. The van der Waals surface area contributed by atoms with Gasteiger partial charge in [-0.25, -0.2) is 0 Å². The van der Waals surface area contributed by atoms with Crippen molar-refractivity contribution in [3.63, 3.8) is 0 Å². The molecule has 0 bridgehead atoms. The van der Waals surface area contributed by atoms with Crippen LogP contribution in [0.5, 0.6) is 0 Å². The van der Waals surface area contributed by atoms with Gasteiger partial charge in [0.05, 0.1) is 19.3 Å². The second-order valence-electron chi connectivity index (χ2n) is 3.90. The van der Waals surface area contributed by atoms with Gasteiger partial charge in [0, 0.05) is 13.7 Å². The summed E-state index contributed by atoms with van der Waals surface area (Å²) >= 11 is 0. The summed E-state index contributed by atoms with van der Waals surface area (Å²) in [5.74, 6) is 0.0861. The topological polar surface area (TPSA) is 67.8 Å². The molecule has 0 aromatic rings. The van der Waals surface area contributed by atoms with Crippen LogP contribution in [-0.2, 0) is 14.3 Å². The van der Waals surface area contributed by atoms with Crippen LogP contribution in [0.4, 0.5) is 0 Å². The van der Waals surface area contributed by atoms with Crippen LogP contribution in [0, 0.1) is 5.92 Å². The molecule has 1 aliphatic rings. The standard InChI is InChI=1S/C10H19NO4/c1-7-3-4-15-9(7)10(13)11-8(5-12)6-14-2/h7-9,12H,3-6H2,1-2H3,(H,11,13). The Bertz CT molecular complexity index is 210. The first-order valence-electron chi connectivity index (χ1n) is 5.20. The predicted octanol–water partition coefficient (Wildman–Crippen LogP) is -0.465. The molecule has 3 unspecified atom stereocenters. The maximum atomic E-state index is 11.7. The van der Waals surface area contributed by atoms with E-state index in [2.05, 4.69) is 5.32 Å². The van der Waals surface area contributed by atoms with Crippen molar-refractivity contribution in [2.24, 2.45) is 5.92 Å². The molecule has 1 aliphatic heterocycles. The van der Waals surface area contributed by atoms with Crippen molar-refractivity contribution >= 4 is 5.91 Å². The minimum atomic E-state index is -0.379. The van der Waals surface area contributed by atoms with E-state index >= 15 is 0 Å². The number of nitrogens with one attached hydrogen (secondary N) is 1. The zero-order chi connectivity index (χ0) is 11.3. The van der Waals surface area contributed by atoms with Gasteiger partial charge < -0.3 is 19.9 Å². The molecule has 88 valence electrons. The van der Waals surface area contributed by atoms with E-state index in [1.807, 2.05) is 6.92 Å². The molecule has 1 amide bonds. The zero-order valence-electron chi connectivity index (χ0n) is 9.23. The van der Waals surface area contributed by atoms with Crippen molar-refractivity contribution < 1.29 is 19.4 Å². The van der Waals surface area contributed by atoms with Crippen molar-refractivity contribution in [3.05, 3.63) is 0 Å². The predicted molar refractivity (Wildman–Crippen MR) is 54.4 cm³/mol. The molecule has 0 aromatic heterocycles. The molecule has 1 saturated heterocycles. The monoisotopic (exact) mass is 217 g/mol. The van der Waals surface area contributed by atoms with Crippen LogP contribution in [0.15, 0.2) is 0 Å². The number of hydrogen-bond donors (Lipinski definition) is 2. The number of aliphatic hydroxyl groups is 1. The van der Waals surface area contributed by atoms with E-state index < -0.39 is 0 Å². The van der Waals surface area contributed by atoms with Crippen LogP contribution in [0.2, 0.25) is 0 Å². The van der Waals surface area contributed by atoms with Crippen LogP contribution in [0.25, 0.3) is 0 Å². The van der Waals surface area contributed by atoms with Crippen LogP contribution in [0.3, 0.4) is 0 Å². The quantitative estimate of drug-likeness (QED) is 0.653. The third kappa shape index (κ3) is 3.44. The highest BCUT2D eigenvalue weighted by Gasteiger charge is 2.31. The summed E-state index contributed by atoms with van der Waals surface area (Å²) in [7, 11) is 1.53. The Morgan fingerprint density at radius 1 is 1.73 bits per heavy atom. The number of hydrogen-bond acceptors (Lipinski definition) is 4. The molecule has 3 atom stereocenters. The van der Waals surface area contributed by atoms with Crippen molar-refractivity contribution in [2.45, 2.75) is 25.5 Å². The van der Waals surface area contributed by atoms with Gasteiger partial charge in [-0.2, -0.15) is 0 Å². The van der Waals surface area contributed by atoms with E-state index in [-0.39, 0.29) is 30.6 Å². The van der Waals surface area contributed by atoms with Gasteiger partial charge in [-0.1, -0.05) is 6.92 Å². The molecular weight excluding hydrogens is 198 g/mol. The number of carbonyl (C=O) groups excluding carboxylic acids is 1. The van der Waals surface area contributed by atoms with Crippen LogP contribution >= 0.6 is 0 Å². The Morgan fingerprint density at radius 2 is 2.47 bits per heavy atom. The van der Waals surface area contributed by atoms with Gasteiger partial charge in [-0.3, -0.25) is 4.79 Å². The summed E-state index contributed by atoms with van der Waals surface area (Å²) < 4.78 is 10.2. The van der Waals surface area contributed by atoms with Crippen LogP contribution < -0.4 is 5.32 Å². The Morgan fingerprint density at radius 3 is 2.93 bits per heavy atom. The van der Waals surface area contributed by atoms with Gasteiger partial charge in [0.15, 0.2) is 0 Å². The molecule has 1 rings (SSSR count). The number of methoxy groups -OCH3 is 1. The van der Waals surface area contributed by atoms with Crippen LogP contribution in [-0.4, -0.2) is 50.1 Å². The smallest absolute Gasteiger partial charge is 0.249 e. The zero-order valence-corrected chi connectivity index (χ0v) is 9.23. The second kappa shape index (κ2) is 6.05. The van der Waals surface area contributed by atoms with E-state index in [9.17, 15) is 4.79 Å². The molecule has 5 nitrogen and oxygen atoms in total. The third-order valence-corrected chi connectivity index (χ3v) is 2.58. The number of rotatable bonds is 5. The Balaban J connectivity index is 2.39. The van der Waals surface area contributed by atoms with Crippen molar-refractivity contribution in [1.82, 2.24) is 5.32 Å². The lowest BCUT2D eigenvalue weighted by Gasteiger charge is -2.19. The van der Waals surface area contributed by atoms with E-state index in [0.29, 0.717) is 13.2 Å². The fourth-order valence-electron chi connectivity index (χ4n) is 1.66. The average Bonchev–Trinajstić information content (AvgIpc) is 2.63. The lowest BCUT2D eigenvalue weighted by Crippen LogP contribution is -2.46. The fraction of sp³-hybridized carbons (Fsp3) is 0.900. The SMILES string of the molecule is COCC(CO)NC(=O)C1OCCC1C. The summed E-state index contributed by atoms with van der Waals surface area (Å²) in [6, 6.07) is -0.348. The van der Waals surface area contributed by atoms with Crippen LogP contribution in [0.1, 0.15) is 13.3 Å². The van der Waals surface area contributed by atoms with Gasteiger partial charge in [0.25, 0.3) is 0 Å². The first kappa shape index (κ1) is 12.4. The van der Waals surface area contributed by atoms with Gasteiger partial charge in [-0.15, -0.1) is 0 Å². The third-order valence-electron chi connectivity index (χ3n) is 2.58. The average molecular weight is 217 g/mol. The lowest BCUT2D eigenvalue weighted by molar-refractivity contribution is -0.133. The fourth-order valence-corrected chi connectivity index (χ4v) is 1.66. The number of aliphatic hydroxyl groups excluding tert-OH is 1. The molecule has 1 heterocycles. The highest BCUT2D eigenvalue weighted by Crippen LogP contribution is 2.19. The summed E-state index contributed by atoms with van der Waals surface area (Å²) in [4.78, 5) is 11.7. The van der Waals surface area contributed by atoms with Gasteiger partial charge >= 0.3 is 0 Å². The largest absolute Gasteiger partial charge is 0.394 e. The molecule has 15 heavy (non-hydrogen) atoms. The first-order chi connectivity index (χ1) is 7.19. The molecule has 0 aromatic carbocycles. The highest BCUT2D eigenvalue weighted by molar-refractivity contribution is 5.81. The molecule has 0 spiro atoms. The Kier molecular flexibility index (Phi) is 5.01.